The lowest BCUT2D eigenvalue weighted by Gasteiger charge is -2.50. The minimum Gasteiger partial charge on any atom is -0.462 e. The fourth-order valence-corrected chi connectivity index (χ4v) is 11.4. The van der Waals surface area contributed by atoms with Crippen LogP contribution in [0.5, 0.6) is 0 Å². The zero-order valence-corrected chi connectivity index (χ0v) is 46.9. The van der Waals surface area contributed by atoms with Gasteiger partial charge in [-0.2, -0.15) is 0 Å². The Bertz CT molecular complexity index is 2470. The molecule has 0 aromatic heterocycles. The second-order valence-electron chi connectivity index (χ2n) is 21.6. The minimum atomic E-state index is -1.44. The second kappa shape index (κ2) is 28.3. The van der Waals surface area contributed by atoms with Crippen molar-refractivity contribution in [3.8, 4) is 0 Å². The molecule has 77 heavy (non-hydrogen) atoms. The molecule has 18 heteroatoms. The number of carbonyl (C=O) groups excluding carboxylic acids is 5. The molecule has 0 saturated carbocycles. The molecule has 0 spiro atoms. The van der Waals surface area contributed by atoms with Crippen LogP contribution in [0.25, 0.3) is 27.6 Å². The molecule has 3 aliphatic rings. The summed E-state index contributed by atoms with van der Waals surface area (Å²) >= 11 is 0. The van der Waals surface area contributed by atoms with Gasteiger partial charge in [-0.3, -0.25) is 19.2 Å². The number of likely N-dealkylation sites (N-methyl/N-ethyl adjacent to an activating group) is 2. The molecule has 6 rings (SSSR count). The van der Waals surface area contributed by atoms with Gasteiger partial charge < -0.3 is 67.4 Å². The molecule has 0 aliphatic carbocycles. The number of methoxy groups -OCH3 is 1. The third-order valence-electron chi connectivity index (χ3n) is 15.3. The lowest BCUT2D eigenvalue weighted by atomic mass is 9.82. The van der Waals surface area contributed by atoms with Gasteiger partial charge in [0.05, 0.1) is 36.9 Å². The van der Waals surface area contributed by atoms with E-state index in [-0.39, 0.29) is 32.1 Å². The summed E-state index contributed by atoms with van der Waals surface area (Å²) in [6.07, 6.45) is -6.29. The Hall–Kier alpha value is -4.89. The highest BCUT2D eigenvalue weighted by Gasteiger charge is 2.54. The summed E-state index contributed by atoms with van der Waals surface area (Å²) in [5, 5.41) is 28.6. The fraction of sp³-hybridized carbons (Fsp3) is 0.644. The van der Waals surface area contributed by atoms with Crippen molar-refractivity contribution < 1.29 is 76.8 Å². The van der Waals surface area contributed by atoms with Gasteiger partial charge in [-0.15, -0.1) is 0 Å². The van der Waals surface area contributed by atoms with E-state index in [0.717, 1.165) is 33.4 Å². The molecule has 0 radical (unpaired) electrons. The lowest BCUT2D eigenvalue weighted by Crippen LogP contribution is -2.66. The highest BCUT2D eigenvalue weighted by atomic mass is 16.7. The van der Waals surface area contributed by atoms with Crippen LogP contribution in [0, 0.1) is 11.8 Å². The van der Waals surface area contributed by atoms with Crippen LogP contribution in [0.2, 0.25) is 0 Å². The molecular formula is C59H84N2O16. The van der Waals surface area contributed by atoms with Gasteiger partial charge in [0, 0.05) is 52.7 Å². The topological polar surface area (TPSA) is 215 Å². The molecule has 0 bridgehead atoms. The third kappa shape index (κ3) is 15.9. The Morgan fingerprint density at radius 2 is 1.56 bits per heavy atom. The Morgan fingerprint density at radius 3 is 2.22 bits per heavy atom. The van der Waals surface area contributed by atoms with Gasteiger partial charge in [-0.05, 0) is 113 Å². The summed E-state index contributed by atoms with van der Waals surface area (Å²) in [5.41, 5.74) is -0.310. The summed E-state index contributed by atoms with van der Waals surface area (Å²) in [6, 6.07) is 17.8. The number of hydrogen-bond donors (Lipinski definition) is 2. The van der Waals surface area contributed by atoms with Crippen LogP contribution in [0.1, 0.15) is 112 Å². The first kappa shape index (κ1) is 61.3. The molecular weight excluding hydrogens is 993 g/mol. The smallest absolute Gasteiger partial charge is 0.309 e. The first-order valence-corrected chi connectivity index (χ1v) is 27.3. The normalized spacial score (nSPS) is 33.4. The number of nitrogens with zero attached hydrogens (tertiary/aromatic N) is 2. The van der Waals surface area contributed by atoms with Gasteiger partial charge in [-0.1, -0.05) is 81.5 Å². The zero-order chi connectivity index (χ0) is 56.1. The van der Waals surface area contributed by atoms with E-state index >= 15 is 0 Å². The van der Waals surface area contributed by atoms with Gasteiger partial charge in [-0.25, -0.2) is 0 Å². The second-order valence-corrected chi connectivity index (χ2v) is 21.6. The Balaban J connectivity index is 1.30. The average Bonchev–Trinajstić information content (AvgIpc) is 3.39. The highest BCUT2D eigenvalue weighted by molar-refractivity contribution is 6.10. The first-order chi connectivity index (χ1) is 36.7. The Labute approximate surface area is 453 Å². The van der Waals surface area contributed by atoms with E-state index in [1.165, 1.54) is 14.0 Å². The van der Waals surface area contributed by atoms with Gasteiger partial charge in [0.15, 0.2) is 24.3 Å². The molecule has 0 amide bonds. The monoisotopic (exact) mass is 1080 g/mol. The molecule has 2 N–H and O–H groups in total. The number of cyclic esters (lactones) is 1. The number of carbonyl (C=O) groups is 5. The summed E-state index contributed by atoms with van der Waals surface area (Å²) < 4.78 is 56.4. The zero-order valence-electron chi connectivity index (χ0n) is 46.9. The number of aldehydes is 1. The number of hydrogen-bond acceptors (Lipinski definition) is 18. The lowest BCUT2D eigenvalue weighted by molar-refractivity contribution is -0.344. The van der Waals surface area contributed by atoms with Crippen molar-refractivity contribution in [2.75, 3.05) is 41.3 Å². The van der Waals surface area contributed by atoms with Gasteiger partial charge >= 0.3 is 23.9 Å². The number of β-amino-alcohol motifs (C(OH)–C–C–N with tert-alkyl or cyclic N) is 1. The van der Waals surface area contributed by atoms with Crippen molar-refractivity contribution in [2.45, 2.75) is 192 Å². The maximum atomic E-state index is 14.4. The van der Waals surface area contributed by atoms with Crippen LogP contribution >= 0.6 is 0 Å². The highest BCUT2D eigenvalue weighted by Crippen LogP contribution is 2.40. The predicted molar refractivity (Wildman–Crippen MR) is 288 cm³/mol. The van der Waals surface area contributed by atoms with Gasteiger partial charge in [0.1, 0.15) is 36.8 Å². The number of benzene rings is 3. The van der Waals surface area contributed by atoms with Crippen LogP contribution < -0.4 is 0 Å². The largest absolute Gasteiger partial charge is 0.462 e. The van der Waals surface area contributed by atoms with Crippen LogP contribution in [-0.4, -0.2) is 177 Å². The van der Waals surface area contributed by atoms with Crippen LogP contribution in [0.3, 0.4) is 0 Å². The van der Waals surface area contributed by atoms with Crippen molar-refractivity contribution in [2.24, 2.45) is 11.8 Å². The number of fused-ring (bicyclic) bond motifs is 3. The third-order valence-corrected chi connectivity index (χ3v) is 15.3. The molecule has 3 aliphatic heterocycles. The Kier molecular flexibility index (Phi) is 22.5. The number of ether oxygens (including phenoxy) is 9. The van der Waals surface area contributed by atoms with Crippen molar-refractivity contribution in [1.29, 1.82) is 0 Å². The van der Waals surface area contributed by atoms with Crippen molar-refractivity contribution in [3.05, 3.63) is 66.2 Å². The summed E-state index contributed by atoms with van der Waals surface area (Å²) in [4.78, 5) is 69.1. The molecule has 3 aromatic rings. The van der Waals surface area contributed by atoms with E-state index in [2.05, 4.69) is 36.4 Å². The molecule has 3 fully saturated rings. The maximum Gasteiger partial charge on any atom is 0.309 e. The molecule has 426 valence electrons. The molecule has 5 unspecified atom stereocenters. The number of rotatable bonds is 16. The molecule has 3 aromatic carbocycles. The SMILES string of the molecule is CCC(=O)O[C@@H]1CC(=O)O[C@@H](C/C=C/c2cc3ccccc3c3ccccc23)CCCN(C)C[C@H](O)[C@H](C)C[C@H](CC=O)[C@H](O[C@@H]2OC(C)[C@@H](O[C@H]3CC(C)(OC(C)=O)[C@@H](OC(=O)CC)C(C)O3)C(N(C)C)C2O)[C@H]1OC. The molecule has 3 heterocycles. The van der Waals surface area contributed by atoms with Crippen LogP contribution in [-0.2, 0) is 66.6 Å². The van der Waals surface area contributed by atoms with Crippen LogP contribution in [0.4, 0.5) is 0 Å². The van der Waals surface area contributed by atoms with Crippen molar-refractivity contribution >= 4 is 57.8 Å². The molecule has 16 atom stereocenters. The summed E-state index contributed by atoms with van der Waals surface area (Å²) in [6.45, 7) is 12.5. The number of aliphatic hydroxyl groups is 2. The van der Waals surface area contributed by atoms with E-state index in [9.17, 15) is 34.2 Å². The quantitative estimate of drug-likeness (QED) is 0.0643. The van der Waals surface area contributed by atoms with E-state index in [0.29, 0.717) is 32.4 Å². The van der Waals surface area contributed by atoms with Gasteiger partial charge in [0.2, 0.25) is 0 Å². The number of esters is 4. The summed E-state index contributed by atoms with van der Waals surface area (Å²) in [5.74, 6) is -3.46. The van der Waals surface area contributed by atoms with E-state index in [1.54, 1.807) is 53.6 Å². The molecule has 18 nitrogen and oxygen atoms in total. The van der Waals surface area contributed by atoms with E-state index < -0.39 is 127 Å². The average molecular weight is 1080 g/mol. The minimum absolute atomic E-state index is 0.0245. The van der Waals surface area contributed by atoms with Crippen molar-refractivity contribution in [3.63, 3.8) is 0 Å². The maximum absolute atomic E-state index is 14.4. The molecule has 3 saturated heterocycles. The van der Waals surface area contributed by atoms with E-state index in [4.69, 9.17) is 42.6 Å². The predicted octanol–water partition coefficient (Wildman–Crippen LogP) is 6.94. The van der Waals surface area contributed by atoms with Crippen LogP contribution in [0.15, 0.2) is 60.7 Å². The van der Waals surface area contributed by atoms with Gasteiger partial charge in [0.25, 0.3) is 0 Å². The standard InChI is InChI=1S/C59H84N2O16/c1-12-48(65)73-47-32-50(67)72-42(22-18-21-40-31-39-20-14-15-24-43(39)45-26-17-16-25-44(40)45)23-19-28-61(10)34-46(64)35(3)30-41(27-29-62)55(56(47)69-11)76-58-53(68)52(60(8)9)54(36(4)71-58)75-51-33-59(7,77-38(6)63)57(37(5)70-51)74-49(66)13-2/h14-18,20-21,24-26,29,31,35-37,41-42,46-47,51-58,64,68H,12-13,19,22-23,27-28,30,32-34H2,1-11H3/b21-18+/t35-,36?,37?,41+,42+,46+,47-,51+,52?,53?,54-,55+,56+,57+,58+,59?/m1/s1. The van der Waals surface area contributed by atoms with Crippen molar-refractivity contribution in [1.82, 2.24) is 9.80 Å². The van der Waals surface area contributed by atoms with E-state index in [1.807, 2.05) is 49.2 Å². The fourth-order valence-electron chi connectivity index (χ4n) is 11.4. The Morgan fingerprint density at radius 1 is 0.883 bits per heavy atom. The number of aliphatic hydroxyl groups excluding tert-OH is 2. The first-order valence-electron chi connectivity index (χ1n) is 27.3. The summed E-state index contributed by atoms with van der Waals surface area (Å²) in [7, 11) is 6.83.